The molecule has 2 atom stereocenters. The van der Waals surface area contributed by atoms with Crippen LogP contribution in [0.1, 0.15) is 34.1 Å². The lowest BCUT2D eigenvalue weighted by molar-refractivity contribution is -0.156. The standard InChI is InChI=1S/C13H21NO6/c1-12(2,3)20-11(19)14-6-8(9(15)16)5-13(4,7-14)10(17)18/h8H,5-7H2,1-4H3,(H,15,16)(H,17,18)/t8-,13-/m0/s1. The lowest BCUT2D eigenvalue weighted by Crippen LogP contribution is -2.54. The number of amides is 1. The zero-order valence-electron chi connectivity index (χ0n) is 12.2. The molecule has 0 unspecified atom stereocenters. The van der Waals surface area contributed by atoms with E-state index in [9.17, 15) is 19.5 Å². The van der Waals surface area contributed by atoms with Crippen molar-refractivity contribution in [1.29, 1.82) is 0 Å². The van der Waals surface area contributed by atoms with Crippen molar-refractivity contribution in [2.75, 3.05) is 13.1 Å². The Morgan fingerprint density at radius 3 is 2.20 bits per heavy atom. The number of carbonyl (C=O) groups is 3. The lowest BCUT2D eigenvalue weighted by atomic mass is 9.77. The molecular formula is C13H21NO6. The van der Waals surface area contributed by atoms with Crippen LogP contribution in [0.3, 0.4) is 0 Å². The van der Waals surface area contributed by atoms with E-state index in [1.807, 2.05) is 0 Å². The molecule has 1 saturated heterocycles. The maximum atomic E-state index is 12.0. The topological polar surface area (TPSA) is 104 Å². The van der Waals surface area contributed by atoms with Gasteiger partial charge < -0.3 is 19.8 Å². The van der Waals surface area contributed by atoms with Gasteiger partial charge in [-0.3, -0.25) is 9.59 Å². The minimum Gasteiger partial charge on any atom is -0.481 e. The molecule has 0 aromatic rings. The molecular weight excluding hydrogens is 266 g/mol. The van der Waals surface area contributed by atoms with E-state index in [2.05, 4.69) is 0 Å². The molecule has 0 saturated carbocycles. The van der Waals surface area contributed by atoms with E-state index in [-0.39, 0.29) is 19.5 Å². The first-order valence-corrected chi connectivity index (χ1v) is 6.39. The first-order chi connectivity index (χ1) is 8.94. The van der Waals surface area contributed by atoms with E-state index in [0.29, 0.717) is 0 Å². The van der Waals surface area contributed by atoms with E-state index in [4.69, 9.17) is 9.84 Å². The third kappa shape index (κ3) is 3.85. The third-order valence-electron chi connectivity index (χ3n) is 3.19. The molecule has 0 bridgehead atoms. The van der Waals surface area contributed by atoms with Crippen LogP contribution < -0.4 is 0 Å². The van der Waals surface area contributed by atoms with Crippen molar-refractivity contribution < 1.29 is 29.3 Å². The van der Waals surface area contributed by atoms with Crippen molar-refractivity contribution in [3.05, 3.63) is 0 Å². The first kappa shape index (κ1) is 16.3. The molecule has 0 radical (unpaired) electrons. The van der Waals surface area contributed by atoms with Crippen LogP contribution in [-0.2, 0) is 14.3 Å². The van der Waals surface area contributed by atoms with Crippen LogP contribution in [0.25, 0.3) is 0 Å². The second-order valence-electron chi connectivity index (χ2n) is 6.47. The molecule has 0 spiro atoms. The number of hydrogen-bond acceptors (Lipinski definition) is 4. The van der Waals surface area contributed by atoms with Crippen LogP contribution in [0.4, 0.5) is 4.79 Å². The Morgan fingerprint density at radius 2 is 1.80 bits per heavy atom. The third-order valence-corrected chi connectivity index (χ3v) is 3.19. The van der Waals surface area contributed by atoms with E-state index in [1.165, 1.54) is 11.8 Å². The van der Waals surface area contributed by atoms with Gasteiger partial charge in [0.15, 0.2) is 0 Å². The summed E-state index contributed by atoms with van der Waals surface area (Å²) in [7, 11) is 0. The Hall–Kier alpha value is -1.79. The van der Waals surface area contributed by atoms with Gasteiger partial charge in [0.05, 0.1) is 11.3 Å². The zero-order valence-corrected chi connectivity index (χ0v) is 12.2. The highest BCUT2D eigenvalue weighted by Gasteiger charge is 2.46. The van der Waals surface area contributed by atoms with Gasteiger partial charge in [0.25, 0.3) is 0 Å². The lowest BCUT2D eigenvalue weighted by Gasteiger charge is -2.40. The highest BCUT2D eigenvalue weighted by molar-refractivity contribution is 5.79. The Morgan fingerprint density at radius 1 is 1.25 bits per heavy atom. The molecule has 0 aromatic carbocycles. The van der Waals surface area contributed by atoms with E-state index >= 15 is 0 Å². The van der Waals surface area contributed by atoms with Crippen molar-refractivity contribution in [3.63, 3.8) is 0 Å². The normalized spacial score (nSPS) is 27.0. The van der Waals surface area contributed by atoms with E-state index in [1.54, 1.807) is 20.8 Å². The summed E-state index contributed by atoms with van der Waals surface area (Å²) in [4.78, 5) is 35.7. The number of likely N-dealkylation sites (tertiary alicyclic amines) is 1. The Labute approximate surface area is 117 Å². The van der Waals surface area contributed by atoms with Crippen molar-refractivity contribution >= 4 is 18.0 Å². The van der Waals surface area contributed by atoms with Crippen LogP contribution in [0.15, 0.2) is 0 Å². The monoisotopic (exact) mass is 287 g/mol. The van der Waals surface area contributed by atoms with Crippen molar-refractivity contribution in [2.24, 2.45) is 11.3 Å². The Kier molecular flexibility index (Phi) is 4.31. The summed E-state index contributed by atoms with van der Waals surface area (Å²) in [5.41, 5.74) is -1.99. The van der Waals surface area contributed by atoms with Gasteiger partial charge >= 0.3 is 18.0 Å². The fourth-order valence-electron chi connectivity index (χ4n) is 2.21. The molecule has 1 rings (SSSR count). The minimum atomic E-state index is -1.28. The molecule has 1 aliphatic heterocycles. The quantitative estimate of drug-likeness (QED) is 0.796. The molecule has 20 heavy (non-hydrogen) atoms. The zero-order chi connectivity index (χ0) is 15.7. The summed E-state index contributed by atoms with van der Waals surface area (Å²) < 4.78 is 5.18. The summed E-state index contributed by atoms with van der Waals surface area (Å²) >= 11 is 0. The molecule has 114 valence electrons. The van der Waals surface area contributed by atoms with Crippen molar-refractivity contribution in [3.8, 4) is 0 Å². The average Bonchev–Trinajstić information content (AvgIpc) is 2.25. The number of ether oxygens (including phenoxy) is 1. The number of aliphatic carboxylic acids is 2. The van der Waals surface area contributed by atoms with Gasteiger partial charge in [-0.2, -0.15) is 0 Å². The van der Waals surface area contributed by atoms with Crippen LogP contribution in [-0.4, -0.2) is 51.8 Å². The van der Waals surface area contributed by atoms with Crippen LogP contribution in [0, 0.1) is 11.3 Å². The van der Waals surface area contributed by atoms with Crippen LogP contribution >= 0.6 is 0 Å². The van der Waals surface area contributed by atoms with Gasteiger partial charge in [0.1, 0.15) is 5.60 Å². The highest BCUT2D eigenvalue weighted by atomic mass is 16.6. The SMILES string of the molecule is CC(C)(C)OC(=O)N1C[C@@H](C(=O)O)C[C@](C)(C(=O)O)C1. The molecule has 1 amide bonds. The van der Waals surface area contributed by atoms with Gasteiger partial charge in [-0.15, -0.1) is 0 Å². The molecule has 7 heteroatoms. The Bertz CT molecular complexity index is 427. The number of rotatable bonds is 2. The van der Waals surface area contributed by atoms with Crippen molar-refractivity contribution in [1.82, 2.24) is 4.90 Å². The number of piperidine rings is 1. The van der Waals surface area contributed by atoms with Crippen molar-refractivity contribution in [2.45, 2.75) is 39.7 Å². The molecule has 1 heterocycles. The summed E-state index contributed by atoms with van der Waals surface area (Å²) in [6.45, 7) is 6.44. The predicted octanol–water partition coefficient (Wildman–Crippen LogP) is 1.42. The molecule has 2 N–H and O–H groups in total. The summed E-state index contributed by atoms with van der Waals surface area (Å²) in [6, 6.07) is 0. The first-order valence-electron chi connectivity index (χ1n) is 6.39. The van der Waals surface area contributed by atoms with Crippen LogP contribution in [0.2, 0.25) is 0 Å². The summed E-state index contributed by atoms with van der Waals surface area (Å²) in [5, 5.41) is 18.4. The molecule has 7 nitrogen and oxygen atoms in total. The molecule has 1 fully saturated rings. The number of carboxylic acids is 2. The van der Waals surface area contributed by atoms with E-state index in [0.717, 1.165) is 0 Å². The van der Waals surface area contributed by atoms with Gasteiger partial charge in [-0.05, 0) is 34.1 Å². The largest absolute Gasteiger partial charge is 0.481 e. The number of carbonyl (C=O) groups excluding carboxylic acids is 1. The summed E-state index contributed by atoms with van der Waals surface area (Å²) in [5.74, 6) is -3.12. The van der Waals surface area contributed by atoms with E-state index < -0.39 is 35.0 Å². The molecule has 0 aliphatic carbocycles. The molecule has 0 aromatic heterocycles. The van der Waals surface area contributed by atoms with Gasteiger partial charge in [-0.25, -0.2) is 4.79 Å². The number of carboxylic acid groups (broad SMARTS) is 2. The maximum Gasteiger partial charge on any atom is 0.410 e. The second kappa shape index (κ2) is 5.30. The maximum absolute atomic E-state index is 12.0. The highest BCUT2D eigenvalue weighted by Crippen LogP contribution is 2.34. The average molecular weight is 287 g/mol. The van der Waals surface area contributed by atoms with Gasteiger partial charge in [0.2, 0.25) is 0 Å². The number of hydrogen-bond donors (Lipinski definition) is 2. The fraction of sp³-hybridized carbons (Fsp3) is 0.769. The molecule has 1 aliphatic rings. The second-order valence-corrected chi connectivity index (χ2v) is 6.47. The van der Waals surface area contributed by atoms with Gasteiger partial charge in [0, 0.05) is 13.1 Å². The van der Waals surface area contributed by atoms with Crippen LogP contribution in [0.5, 0.6) is 0 Å². The van der Waals surface area contributed by atoms with Gasteiger partial charge in [-0.1, -0.05) is 0 Å². The minimum absolute atomic E-state index is 0.00301. The fourth-order valence-corrected chi connectivity index (χ4v) is 2.21. The number of nitrogens with zero attached hydrogens (tertiary/aromatic N) is 1. The summed E-state index contributed by atoms with van der Waals surface area (Å²) in [6.07, 6.45) is -0.687. The smallest absolute Gasteiger partial charge is 0.410 e. The predicted molar refractivity (Wildman–Crippen MR) is 69.3 cm³/mol. The Balaban J connectivity index is 2.93.